The van der Waals surface area contributed by atoms with E-state index in [-0.39, 0.29) is 0 Å². The quantitative estimate of drug-likeness (QED) is 0.614. The topological polar surface area (TPSA) is 71.8 Å². The highest BCUT2D eigenvalue weighted by molar-refractivity contribution is 7.19. The van der Waals surface area contributed by atoms with Crippen LogP contribution in [-0.4, -0.2) is 29.8 Å². The monoisotopic (exact) mass is 324 g/mol. The second kappa shape index (κ2) is 4.86. The van der Waals surface area contributed by atoms with E-state index in [0.29, 0.717) is 5.82 Å². The van der Waals surface area contributed by atoms with Crippen LogP contribution in [0.2, 0.25) is 0 Å². The molecule has 6 nitrogen and oxygen atoms in total. The Morgan fingerprint density at radius 2 is 2.39 bits per heavy atom. The number of thiophene rings is 1. The van der Waals surface area contributed by atoms with Gasteiger partial charge in [-0.25, -0.2) is 14.5 Å². The van der Waals surface area contributed by atoms with Crippen LogP contribution >= 0.6 is 11.3 Å². The summed E-state index contributed by atoms with van der Waals surface area (Å²) in [5.74, 6) is 1.48. The maximum Gasteiger partial charge on any atom is 0.200 e. The predicted molar refractivity (Wildman–Crippen MR) is 89.6 cm³/mol. The van der Waals surface area contributed by atoms with Crippen molar-refractivity contribution in [1.29, 1.82) is 0 Å². The van der Waals surface area contributed by atoms with Gasteiger partial charge in [0, 0.05) is 11.1 Å². The maximum absolute atomic E-state index is 4.75. The first-order chi connectivity index (χ1) is 11.3. The molecule has 4 aromatic heterocycles. The molecular weight excluding hydrogens is 308 g/mol. The van der Waals surface area contributed by atoms with E-state index in [1.807, 2.05) is 17.4 Å². The smallest absolute Gasteiger partial charge is 0.200 e. The second-order valence-electron chi connectivity index (χ2n) is 6.12. The standard InChI is InChI=1S/C16H16N6S/c1-2-9-3-4-10-12(7-9)23-16-13(10)15-19-14(11-5-6-18-20-11)21-22(15)8-17-16/h5-6,8-9H,2-4,7H2,1H3,(H,18,20)/t9-/m0/s1. The Bertz CT molecular complexity index is 997. The van der Waals surface area contributed by atoms with E-state index in [1.54, 1.807) is 17.0 Å². The van der Waals surface area contributed by atoms with Crippen LogP contribution in [-0.2, 0) is 12.8 Å². The van der Waals surface area contributed by atoms with E-state index in [2.05, 4.69) is 27.2 Å². The number of hydrogen-bond donors (Lipinski definition) is 1. The fourth-order valence-corrected chi connectivity index (χ4v) is 4.78. The molecule has 1 aliphatic rings. The highest BCUT2D eigenvalue weighted by Gasteiger charge is 2.24. The minimum atomic E-state index is 0.666. The fourth-order valence-electron chi connectivity index (χ4n) is 3.49. The van der Waals surface area contributed by atoms with E-state index in [0.717, 1.165) is 28.5 Å². The molecule has 1 atom stereocenters. The maximum atomic E-state index is 4.75. The molecule has 1 N–H and O–H groups in total. The summed E-state index contributed by atoms with van der Waals surface area (Å²) >= 11 is 1.83. The van der Waals surface area contributed by atoms with Crippen molar-refractivity contribution < 1.29 is 0 Å². The molecule has 0 amide bonds. The van der Waals surface area contributed by atoms with Crippen LogP contribution < -0.4 is 0 Å². The number of aromatic amines is 1. The summed E-state index contributed by atoms with van der Waals surface area (Å²) in [6.07, 6.45) is 8.31. The van der Waals surface area contributed by atoms with Crippen molar-refractivity contribution in [2.24, 2.45) is 5.92 Å². The lowest BCUT2D eigenvalue weighted by Gasteiger charge is -2.20. The number of H-pyrrole nitrogens is 1. The molecule has 0 bridgehead atoms. The minimum absolute atomic E-state index is 0.666. The van der Waals surface area contributed by atoms with E-state index in [1.165, 1.54) is 35.1 Å². The highest BCUT2D eigenvalue weighted by Crippen LogP contribution is 2.39. The first-order valence-electron chi connectivity index (χ1n) is 7.99. The molecule has 0 aromatic carbocycles. The van der Waals surface area contributed by atoms with Gasteiger partial charge in [0.25, 0.3) is 0 Å². The van der Waals surface area contributed by atoms with Gasteiger partial charge in [-0.2, -0.15) is 5.10 Å². The van der Waals surface area contributed by atoms with Crippen molar-refractivity contribution in [3.8, 4) is 11.5 Å². The molecule has 4 heterocycles. The van der Waals surface area contributed by atoms with Gasteiger partial charge in [-0.3, -0.25) is 5.10 Å². The van der Waals surface area contributed by atoms with Gasteiger partial charge in [-0.05, 0) is 36.8 Å². The average Bonchev–Trinajstić information content (AvgIpc) is 3.29. The highest BCUT2D eigenvalue weighted by atomic mass is 32.1. The number of hydrogen-bond acceptors (Lipinski definition) is 5. The number of aryl methyl sites for hydroxylation is 1. The normalized spacial score (nSPS) is 17.9. The van der Waals surface area contributed by atoms with Crippen LogP contribution in [0, 0.1) is 5.92 Å². The van der Waals surface area contributed by atoms with Gasteiger partial charge >= 0.3 is 0 Å². The lowest BCUT2D eigenvalue weighted by Crippen LogP contribution is -2.11. The second-order valence-corrected chi connectivity index (χ2v) is 7.20. The predicted octanol–water partition coefficient (Wildman–Crippen LogP) is 3.24. The number of nitrogens with one attached hydrogen (secondary N) is 1. The van der Waals surface area contributed by atoms with Crippen molar-refractivity contribution in [1.82, 2.24) is 29.8 Å². The Kier molecular flexibility index (Phi) is 2.78. The molecule has 4 aromatic rings. The minimum Gasteiger partial charge on any atom is -0.275 e. The van der Waals surface area contributed by atoms with Gasteiger partial charge in [0.1, 0.15) is 16.9 Å². The number of nitrogens with zero attached hydrogens (tertiary/aromatic N) is 5. The van der Waals surface area contributed by atoms with Gasteiger partial charge in [-0.1, -0.05) is 13.3 Å². The van der Waals surface area contributed by atoms with E-state index >= 15 is 0 Å². The zero-order valence-corrected chi connectivity index (χ0v) is 13.6. The summed E-state index contributed by atoms with van der Waals surface area (Å²) in [6.45, 7) is 2.29. The van der Waals surface area contributed by atoms with Crippen molar-refractivity contribution in [2.45, 2.75) is 32.6 Å². The third-order valence-corrected chi connectivity index (χ3v) is 5.97. The zero-order valence-electron chi connectivity index (χ0n) is 12.8. The summed E-state index contributed by atoms with van der Waals surface area (Å²) in [6, 6.07) is 1.88. The summed E-state index contributed by atoms with van der Waals surface area (Å²) in [5, 5.41) is 12.6. The third kappa shape index (κ3) is 1.92. The fraction of sp³-hybridized carbons (Fsp3) is 0.375. The molecule has 116 valence electrons. The van der Waals surface area contributed by atoms with Crippen molar-refractivity contribution in [3.63, 3.8) is 0 Å². The molecule has 0 spiro atoms. The molecule has 1 aliphatic carbocycles. The molecule has 5 rings (SSSR count). The van der Waals surface area contributed by atoms with Crippen LogP contribution in [0.3, 0.4) is 0 Å². The lowest BCUT2D eigenvalue weighted by atomic mass is 9.86. The molecule has 0 fully saturated rings. The van der Waals surface area contributed by atoms with E-state index in [4.69, 9.17) is 4.98 Å². The molecule has 0 radical (unpaired) electrons. The van der Waals surface area contributed by atoms with Crippen LogP contribution in [0.25, 0.3) is 27.4 Å². The van der Waals surface area contributed by atoms with Crippen molar-refractivity contribution >= 4 is 27.2 Å². The molecule has 23 heavy (non-hydrogen) atoms. The number of rotatable bonds is 2. The molecule has 0 unspecified atom stereocenters. The first-order valence-corrected chi connectivity index (χ1v) is 8.80. The average molecular weight is 324 g/mol. The SMILES string of the molecule is CC[C@H]1CCc2c(sc3ncn4nc(-c5ccn[nH]5)nc4c23)C1. The van der Waals surface area contributed by atoms with Crippen LogP contribution in [0.15, 0.2) is 18.6 Å². The molecule has 0 aliphatic heterocycles. The summed E-state index contributed by atoms with van der Waals surface area (Å²) in [4.78, 5) is 11.9. The molecule has 7 heteroatoms. The lowest BCUT2D eigenvalue weighted by molar-refractivity contribution is 0.451. The van der Waals surface area contributed by atoms with Crippen LogP contribution in [0.5, 0.6) is 0 Å². The van der Waals surface area contributed by atoms with Gasteiger partial charge in [0.15, 0.2) is 11.5 Å². The van der Waals surface area contributed by atoms with Gasteiger partial charge < -0.3 is 0 Å². The summed E-state index contributed by atoms with van der Waals surface area (Å²) in [5.41, 5.74) is 3.18. The van der Waals surface area contributed by atoms with Crippen LogP contribution in [0.4, 0.5) is 0 Å². The number of fused-ring (bicyclic) bond motifs is 5. The Morgan fingerprint density at radius 3 is 3.22 bits per heavy atom. The summed E-state index contributed by atoms with van der Waals surface area (Å²) < 4.78 is 1.79. The largest absolute Gasteiger partial charge is 0.275 e. The first kappa shape index (κ1) is 13.2. The summed E-state index contributed by atoms with van der Waals surface area (Å²) in [7, 11) is 0. The Labute approximate surface area is 136 Å². The third-order valence-electron chi connectivity index (χ3n) is 4.81. The van der Waals surface area contributed by atoms with E-state index < -0.39 is 0 Å². The van der Waals surface area contributed by atoms with Crippen molar-refractivity contribution in [2.75, 3.05) is 0 Å². The number of aromatic nitrogens is 6. The Balaban J connectivity index is 1.74. The molecular formula is C16H16N6S. The van der Waals surface area contributed by atoms with E-state index in [9.17, 15) is 0 Å². The van der Waals surface area contributed by atoms with Gasteiger partial charge in [-0.15, -0.1) is 16.4 Å². The van der Waals surface area contributed by atoms with Gasteiger partial charge in [0.2, 0.25) is 0 Å². The molecule has 0 saturated carbocycles. The Morgan fingerprint density at radius 1 is 1.43 bits per heavy atom. The van der Waals surface area contributed by atoms with Gasteiger partial charge in [0.05, 0.1) is 5.39 Å². The zero-order chi connectivity index (χ0) is 15.4. The van der Waals surface area contributed by atoms with Crippen molar-refractivity contribution in [3.05, 3.63) is 29.0 Å². The Hall–Kier alpha value is -2.28. The molecule has 0 saturated heterocycles. The van der Waals surface area contributed by atoms with Crippen LogP contribution in [0.1, 0.15) is 30.2 Å².